The molecule has 0 saturated carbocycles. The zero-order valence-corrected chi connectivity index (χ0v) is 11.8. The van der Waals surface area contributed by atoms with Gasteiger partial charge < -0.3 is 15.5 Å². The van der Waals surface area contributed by atoms with E-state index in [0.29, 0.717) is 10.0 Å². The Morgan fingerprint density at radius 3 is 2.40 bits per heavy atom. The Kier molecular flexibility index (Phi) is 3.44. The minimum Gasteiger partial charge on any atom is -0.375 e. The van der Waals surface area contributed by atoms with Crippen LogP contribution in [-0.2, 0) is 0 Å². The Labute approximate surface area is 121 Å². The fraction of sp³-hybridized carbons (Fsp3) is 0.286. The maximum absolute atomic E-state index is 9.12. The number of nitrogens with two attached hydrogens (primary N) is 1. The Morgan fingerprint density at radius 1 is 1.10 bits per heavy atom. The first kappa shape index (κ1) is 12.8. The van der Waals surface area contributed by atoms with Crippen molar-refractivity contribution in [2.24, 2.45) is 0 Å². The molecule has 0 unspecified atom stereocenters. The van der Waals surface area contributed by atoms with Crippen molar-refractivity contribution in [2.75, 3.05) is 41.7 Å². The maximum atomic E-state index is 9.12. The van der Waals surface area contributed by atoms with E-state index in [1.165, 1.54) is 17.0 Å². The van der Waals surface area contributed by atoms with Gasteiger partial charge in [0.05, 0.1) is 0 Å². The van der Waals surface area contributed by atoms with E-state index in [9.17, 15) is 0 Å². The van der Waals surface area contributed by atoms with E-state index in [-0.39, 0.29) is 0 Å². The van der Waals surface area contributed by atoms with Crippen molar-refractivity contribution in [1.82, 2.24) is 4.98 Å². The van der Waals surface area contributed by atoms with Gasteiger partial charge >= 0.3 is 0 Å². The van der Waals surface area contributed by atoms with Gasteiger partial charge in [-0.25, -0.2) is 4.98 Å². The summed E-state index contributed by atoms with van der Waals surface area (Å²) in [7, 11) is 0. The molecule has 2 N–H and O–H groups in total. The molecule has 1 fully saturated rings. The molecule has 102 valence electrons. The minimum atomic E-state index is 0.460. The van der Waals surface area contributed by atoms with Gasteiger partial charge in [0, 0.05) is 31.9 Å². The smallest absolute Gasteiger partial charge is 0.183 e. The Balaban J connectivity index is 1.71. The monoisotopic (exact) mass is 285 g/mol. The van der Waals surface area contributed by atoms with Crippen molar-refractivity contribution in [1.29, 1.82) is 5.26 Å². The molecule has 1 saturated heterocycles. The van der Waals surface area contributed by atoms with Crippen molar-refractivity contribution >= 4 is 28.0 Å². The van der Waals surface area contributed by atoms with Crippen molar-refractivity contribution in [3.05, 3.63) is 35.2 Å². The average Bonchev–Trinajstić information content (AvgIpc) is 2.89. The van der Waals surface area contributed by atoms with Crippen LogP contribution in [0.5, 0.6) is 0 Å². The number of rotatable bonds is 2. The third-order valence-electron chi connectivity index (χ3n) is 3.43. The van der Waals surface area contributed by atoms with Gasteiger partial charge in [-0.05, 0) is 12.1 Å². The molecule has 6 heteroatoms. The topological polar surface area (TPSA) is 69.2 Å². The summed E-state index contributed by atoms with van der Waals surface area (Å²) in [6, 6.07) is 12.6. The molecule has 20 heavy (non-hydrogen) atoms. The molecule has 0 bridgehead atoms. The van der Waals surface area contributed by atoms with Gasteiger partial charge in [-0.1, -0.05) is 29.5 Å². The fourth-order valence-corrected chi connectivity index (χ4v) is 3.08. The van der Waals surface area contributed by atoms with E-state index in [1.54, 1.807) is 0 Å². The van der Waals surface area contributed by atoms with E-state index >= 15 is 0 Å². The van der Waals surface area contributed by atoms with Gasteiger partial charge in [0.1, 0.15) is 6.07 Å². The first-order valence-corrected chi connectivity index (χ1v) is 7.31. The van der Waals surface area contributed by atoms with Gasteiger partial charge in [-0.15, -0.1) is 0 Å². The summed E-state index contributed by atoms with van der Waals surface area (Å²) < 4.78 is 0. The van der Waals surface area contributed by atoms with Gasteiger partial charge in [0.15, 0.2) is 15.8 Å². The Hall–Kier alpha value is -2.26. The molecule has 0 amide bonds. The normalized spacial score (nSPS) is 15.2. The molecular formula is C14H15N5S. The molecule has 0 aliphatic carbocycles. The second-order valence-corrected chi connectivity index (χ2v) is 5.66. The predicted molar refractivity (Wildman–Crippen MR) is 82.1 cm³/mol. The van der Waals surface area contributed by atoms with Crippen LogP contribution in [0.3, 0.4) is 0 Å². The standard InChI is InChI=1S/C14H15N5S/c15-10-12-13(17-14(16)20-12)19-8-6-18(7-9-19)11-4-2-1-3-5-11/h1-5H,6-9H2,(H2,16,17). The van der Waals surface area contributed by atoms with E-state index in [0.717, 1.165) is 32.0 Å². The zero-order chi connectivity index (χ0) is 13.9. The predicted octanol–water partition coefficient (Wildman–Crippen LogP) is 1.92. The molecule has 1 aliphatic rings. The number of para-hydroxylation sites is 1. The van der Waals surface area contributed by atoms with E-state index in [4.69, 9.17) is 11.0 Å². The molecule has 2 aromatic rings. The molecule has 1 aromatic carbocycles. The highest BCUT2D eigenvalue weighted by Gasteiger charge is 2.22. The molecule has 0 spiro atoms. The van der Waals surface area contributed by atoms with Crippen LogP contribution in [0.15, 0.2) is 30.3 Å². The lowest BCUT2D eigenvalue weighted by molar-refractivity contribution is 0.648. The number of benzene rings is 1. The van der Waals surface area contributed by atoms with Crippen LogP contribution < -0.4 is 15.5 Å². The minimum absolute atomic E-state index is 0.460. The van der Waals surface area contributed by atoms with Crippen LogP contribution in [0, 0.1) is 11.3 Å². The molecule has 2 heterocycles. The summed E-state index contributed by atoms with van der Waals surface area (Å²) in [5.74, 6) is 0.739. The van der Waals surface area contributed by atoms with Gasteiger partial charge in [0.2, 0.25) is 0 Å². The van der Waals surface area contributed by atoms with Crippen LogP contribution in [0.4, 0.5) is 16.6 Å². The maximum Gasteiger partial charge on any atom is 0.183 e. The Bertz CT molecular complexity index is 623. The highest BCUT2D eigenvalue weighted by atomic mass is 32.1. The third kappa shape index (κ3) is 2.40. The number of aromatic nitrogens is 1. The first-order chi connectivity index (χ1) is 9.78. The quantitative estimate of drug-likeness (QED) is 0.913. The molecule has 0 radical (unpaired) electrons. The first-order valence-electron chi connectivity index (χ1n) is 6.49. The second kappa shape index (κ2) is 5.39. The summed E-state index contributed by atoms with van der Waals surface area (Å²) in [5, 5.41) is 9.58. The van der Waals surface area contributed by atoms with Crippen LogP contribution >= 0.6 is 11.3 Å². The molecule has 1 aromatic heterocycles. The number of hydrogen-bond donors (Lipinski definition) is 1. The van der Waals surface area contributed by atoms with Crippen molar-refractivity contribution in [3.8, 4) is 6.07 Å². The molecular weight excluding hydrogens is 270 g/mol. The zero-order valence-electron chi connectivity index (χ0n) is 11.0. The second-order valence-electron chi connectivity index (χ2n) is 4.63. The van der Waals surface area contributed by atoms with Gasteiger partial charge in [-0.3, -0.25) is 0 Å². The summed E-state index contributed by atoms with van der Waals surface area (Å²) in [6.45, 7) is 3.55. The summed E-state index contributed by atoms with van der Waals surface area (Å²) in [5.41, 5.74) is 6.94. The number of nitriles is 1. The van der Waals surface area contributed by atoms with Crippen LogP contribution in [0.1, 0.15) is 4.88 Å². The average molecular weight is 285 g/mol. The van der Waals surface area contributed by atoms with E-state index in [1.807, 2.05) is 6.07 Å². The fourth-order valence-electron chi connectivity index (χ4n) is 2.43. The van der Waals surface area contributed by atoms with Crippen molar-refractivity contribution in [2.45, 2.75) is 0 Å². The number of thiazole rings is 1. The molecule has 1 aliphatic heterocycles. The summed E-state index contributed by atoms with van der Waals surface area (Å²) in [4.78, 5) is 9.38. The number of nitrogens with zero attached hydrogens (tertiary/aromatic N) is 4. The molecule has 3 rings (SSSR count). The van der Waals surface area contributed by atoms with Crippen LogP contribution in [-0.4, -0.2) is 31.2 Å². The lowest BCUT2D eigenvalue weighted by Crippen LogP contribution is -2.46. The number of piperazine rings is 1. The summed E-state index contributed by atoms with van der Waals surface area (Å²) >= 11 is 1.26. The lowest BCUT2D eigenvalue weighted by Gasteiger charge is -2.36. The molecule has 0 atom stereocenters. The number of hydrogen-bond acceptors (Lipinski definition) is 6. The largest absolute Gasteiger partial charge is 0.375 e. The van der Waals surface area contributed by atoms with Gasteiger partial charge in [-0.2, -0.15) is 5.26 Å². The Morgan fingerprint density at radius 2 is 1.75 bits per heavy atom. The SMILES string of the molecule is N#Cc1sc(N)nc1N1CCN(c2ccccc2)CC1. The lowest BCUT2D eigenvalue weighted by atomic mass is 10.2. The van der Waals surface area contributed by atoms with Crippen molar-refractivity contribution in [3.63, 3.8) is 0 Å². The highest BCUT2D eigenvalue weighted by molar-refractivity contribution is 7.16. The van der Waals surface area contributed by atoms with Gasteiger partial charge in [0.25, 0.3) is 0 Å². The van der Waals surface area contributed by atoms with Crippen molar-refractivity contribution < 1.29 is 0 Å². The molecule has 5 nitrogen and oxygen atoms in total. The van der Waals surface area contributed by atoms with E-state index in [2.05, 4.69) is 45.1 Å². The summed E-state index contributed by atoms with van der Waals surface area (Å²) in [6.07, 6.45) is 0. The number of nitrogen functional groups attached to an aromatic ring is 1. The van der Waals surface area contributed by atoms with E-state index < -0.39 is 0 Å². The van der Waals surface area contributed by atoms with Crippen LogP contribution in [0.2, 0.25) is 0 Å². The highest BCUT2D eigenvalue weighted by Crippen LogP contribution is 2.28. The third-order valence-corrected chi connectivity index (χ3v) is 4.21. The van der Waals surface area contributed by atoms with Crippen LogP contribution in [0.25, 0.3) is 0 Å². The number of anilines is 3.